The predicted molar refractivity (Wildman–Crippen MR) is 105 cm³/mol. The normalized spacial score (nSPS) is 17.7. The number of rotatable bonds is 5. The third-order valence-corrected chi connectivity index (χ3v) is 5.42. The van der Waals surface area contributed by atoms with Crippen LogP contribution in [0.15, 0.2) is 35.1 Å². The Kier molecular flexibility index (Phi) is 5.29. The fourth-order valence-electron chi connectivity index (χ4n) is 4.00. The van der Waals surface area contributed by atoms with Crippen molar-refractivity contribution in [3.63, 3.8) is 0 Å². The summed E-state index contributed by atoms with van der Waals surface area (Å²) in [6.07, 6.45) is 0. The minimum absolute atomic E-state index is 0.0231. The van der Waals surface area contributed by atoms with Gasteiger partial charge in [0.1, 0.15) is 12.2 Å². The molecule has 0 aliphatic carbocycles. The van der Waals surface area contributed by atoms with Gasteiger partial charge in [-0.05, 0) is 19.4 Å². The highest BCUT2D eigenvalue weighted by molar-refractivity contribution is 6.00. The monoisotopic (exact) mass is 415 g/mol. The minimum Gasteiger partial charge on any atom is -0.483 e. The number of halogens is 1. The Morgan fingerprint density at radius 2 is 2.03 bits per heavy atom. The van der Waals surface area contributed by atoms with Crippen LogP contribution in [0.25, 0.3) is 0 Å². The van der Waals surface area contributed by atoms with Crippen LogP contribution in [-0.2, 0) is 18.0 Å². The van der Waals surface area contributed by atoms with E-state index in [1.807, 2.05) is 44.2 Å². The number of benzene rings is 1. The summed E-state index contributed by atoms with van der Waals surface area (Å²) in [6, 6.07) is 8.70. The van der Waals surface area contributed by atoms with E-state index in [9.17, 15) is 18.9 Å². The first-order valence-electron chi connectivity index (χ1n) is 9.71. The van der Waals surface area contributed by atoms with Gasteiger partial charge in [0.05, 0.1) is 24.9 Å². The lowest BCUT2D eigenvalue weighted by Gasteiger charge is -2.42. The van der Waals surface area contributed by atoms with Gasteiger partial charge in [-0.15, -0.1) is 0 Å². The molecule has 4 rings (SSSR count). The Morgan fingerprint density at radius 1 is 1.30 bits per heavy atom. The second-order valence-electron chi connectivity index (χ2n) is 7.62. The lowest BCUT2D eigenvalue weighted by atomic mass is 10.0. The molecule has 2 aliphatic rings. The van der Waals surface area contributed by atoms with E-state index in [2.05, 4.69) is 0 Å². The van der Waals surface area contributed by atoms with E-state index in [0.717, 1.165) is 11.1 Å². The summed E-state index contributed by atoms with van der Waals surface area (Å²) in [6.45, 7) is 4.37. The van der Waals surface area contributed by atoms with Gasteiger partial charge in [-0.2, -0.15) is 5.54 Å². The van der Waals surface area contributed by atoms with Crippen LogP contribution in [0, 0.1) is 0 Å². The SMILES string of the molecule is CC(C)N1C[C@@H]2COCc3c(C(=O)NF)c(=O)c(OCc4ccccc4)c(n32)C1=O. The first-order valence-corrected chi connectivity index (χ1v) is 9.71. The first-order chi connectivity index (χ1) is 14.4. The number of carbonyl (C=O) groups excluding carboxylic acids is 2. The van der Waals surface area contributed by atoms with Gasteiger partial charge in [-0.3, -0.25) is 14.4 Å². The third kappa shape index (κ3) is 3.24. The second kappa shape index (κ2) is 7.91. The highest BCUT2D eigenvalue weighted by Gasteiger charge is 2.41. The second-order valence-corrected chi connectivity index (χ2v) is 7.62. The van der Waals surface area contributed by atoms with Crippen molar-refractivity contribution in [1.82, 2.24) is 15.0 Å². The zero-order valence-electron chi connectivity index (χ0n) is 16.7. The molecule has 1 N–H and O–H groups in total. The van der Waals surface area contributed by atoms with Crippen LogP contribution in [0.1, 0.15) is 52.0 Å². The van der Waals surface area contributed by atoms with Crippen molar-refractivity contribution in [3.8, 4) is 5.75 Å². The van der Waals surface area contributed by atoms with Crippen LogP contribution in [0.5, 0.6) is 5.75 Å². The van der Waals surface area contributed by atoms with E-state index in [1.54, 1.807) is 9.47 Å². The van der Waals surface area contributed by atoms with Crippen molar-refractivity contribution in [2.24, 2.45) is 0 Å². The van der Waals surface area contributed by atoms with Crippen molar-refractivity contribution in [2.45, 2.75) is 39.1 Å². The van der Waals surface area contributed by atoms with E-state index in [4.69, 9.17) is 9.47 Å². The molecule has 3 heterocycles. The number of ether oxygens (including phenoxy) is 2. The summed E-state index contributed by atoms with van der Waals surface area (Å²) < 4.78 is 26.0. The molecule has 0 bridgehead atoms. The highest BCUT2D eigenvalue weighted by atomic mass is 19.2. The average molecular weight is 415 g/mol. The smallest absolute Gasteiger partial charge is 0.284 e. The van der Waals surface area contributed by atoms with Gasteiger partial charge >= 0.3 is 0 Å². The van der Waals surface area contributed by atoms with E-state index >= 15 is 0 Å². The van der Waals surface area contributed by atoms with E-state index in [-0.39, 0.29) is 48.3 Å². The van der Waals surface area contributed by atoms with Crippen LogP contribution in [0.2, 0.25) is 0 Å². The number of aromatic nitrogens is 1. The molecule has 0 saturated carbocycles. The van der Waals surface area contributed by atoms with Crippen molar-refractivity contribution in [1.29, 1.82) is 0 Å². The third-order valence-electron chi connectivity index (χ3n) is 5.42. The van der Waals surface area contributed by atoms with Gasteiger partial charge in [-0.25, -0.2) is 0 Å². The number of hydrogen-bond acceptors (Lipinski definition) is 5. The molecule has 2 aromatic rings. The highest BCUT2D eigenvalue weighted by Crippen LogP contribution is 2.34. The Morgan fingerprint density at radius 3 is 2.70 bits per heavy atom. The summed E-state index contributed by atoms with van der Waals surface area (Å²) in [4.78, 5) is 40.4. The maximum absolute atomic E-state index is 13.3. The van der Waals surface area contributed by atoms with Crippen molar-refractivity contribution in [3.05, 3.63) is 63.1 Å². The van der Waals surface area contributed by atoms with E-state index < -0.39 is 16.9 Å². The molecule has 1 atom stereocenters. The fraction of sp³-hybridized carbons (Fsp3) is 0.381. The minimum atomic E-state index is -1.18. The lowest BCUT2D eigenvalue weighted by molar-refractivity contribution is 0.0188. The summed E-state index contributed by atoms with van der Waals surface area (Å²) in [5.74, 6) is -1.79. The van der Waals surface area contributed by atoms with Crippen LogP contribution < -0.4 is 15.7 Å². The van der Waals surface area contributed by atoms with Gasteiger partial charge < -0.3 is 18.9 Å². The maximum atomic E-state index is 13.3. The average Bonchev–Trinajstić information content (AvgIpc) is 2.75. The van der Waals surface area contributed by atoms with Crippen LogP contribution in [0.3, 0.4) is 0 Å². The van der Waals surface area contributed by atoms with Gasteiger partial charge in [0.2, 0.25) is 5.43 Å². The zero-order chi connectivity index (χ0) is 21.4. The molecule has 2 amide bonds. The predicted octanol–water partition coefficient (Wildman–Crippen LogP) is 1.98. The van der Waals surface area contributed by atoms with Crippen LogP contribution >= 0.6 is 0 Å². The molecular formula is C21H22FN3O5. The zero-order valence-corrected chi connectivity index (χ0v) is 16.7. The van der Waals surface area contributed by atoms with Gasteiger partial charge in [0, 0.05) is 12.6 Å². The molecule has 2 aliphatic heterocycles. The molecule has 0 saturated heterocycles. The molecule has 0 radical (unpaired) electrons. The molecule has 8 nitrogen and oxygen atoms in total. The molecule has 0 unspecified atom stereocenters. The maximum Gasteiger partial charge on any atom is 0.284 e. The number of nitrogens with zero attached hydrogens (tertiary/aromatic N) is 2. The summed E-state index contributed by atoms with van der Waals surface area (Å²) in [5, 5.41) is 0. The molecule has 158 valence electrons. The Balaban J connectivity index is 1.92. The quantitative estimate of drug-likeness (QED) is 0.755. The topological polar surface area (TPSA) is 89.9 Å². The number of nitrogens with one attached hydrogen (secondary N) is 1. The summed E-state index contributed by atoms with van der Waals surface area (Å²) >= 11 is 0. The lowest BCUT2D eigenvalue weighted by Crippen LogP contribution is -2.51. The number of carbonyl (C=O) groups is 2. The number of amides is 2. The molecular weight excluding hydrogens is 393 g/mol. The molecule has 1 aromatic heterocycles. The number of hydrogen-bond donors (Lipinski definition) is 1. The molecule has 1 aromatic carbocycles. The molecule has 0 spiro atoms. The first kappa shape index (κ1) is 20.1. The van der Waals surface area contributed by atoms with Crippen LogP contribution in [-0.4, -0.2) is 40.5 Å². The van der Waals surface area contributed by atoms with Gasteiger partial charge in [-0.1, -0.05) is 34.8 Å². The van der Waals surface area contributed by atoms with Gasteiger partial charge in [0.15, 0.2) is 11.4 Å². The van der Waals surface area contributed by atoms with E-state index in [0.29, 0.717) is 13.2 Å². The van der Waals surface area contributed by atoms with Gasteiger partial charge in [0.25, 0.3) is 11.8 Å². The largest absolute Gasteiger partial charge is 0.483 e. The Labute approximate surface area is 172 Å². The Bertz CT molecular complexity index is 1050. The molecule has 30 heavy (non-hydrogen) atoms. The standard InChI is InChI=1S/C21H22FN3O5/c1-12(2)24-8-14-10-29-11-15-16(20(27)23-22)18(26)19(17(21(24)28)25(14)15)30-9-13-6-4-3-5-7-13/h3-7,12,14H,8-11H2,1-2H3,(H,23,27)/t14-/m1/s1. The van der Waals surface area contributed by atoms with Crippen LogP contribution in [0.4, 0.5) is 4.48 Å². The summed E-state index contributed by atoms with van der Waals surface area (Å²) in [5.41, 5.74) is 0.840. The molecule has 9 heteroatoms. The summed E-state index contributed by atoms with van der Waals surface area (Å²) in [7, 11) is 0. The van der Waals surface area contributed by atoms with Crippen molar-refractivity contribution in [2.75, 3.05) is 13.2 Å². The number of pyridine rings is 1. The van der Waals surface area contributed by atoms with Crippen molar-refractivity contribution < 1.29 is 23.5 Å². The fourth-order valence-corrected chi connectivity index (χ4v) is 4.00. The van der Waals surface area contributed by atoms with E-state index in [1.165, 1.54) is 0 Å². The molecule has 0 fully saturated rings. The van der Waals surface area contributed by atoms with Crippen molar-refractivity contribution >= 4 is 11.8 Å². The Hall–Kier alpha value is -3.20.